The fourth-order valence-electron chi connectivity index (χ4n) is 4.87. The maximum absolute atomic E-state index is 13.1. The molecule has 0 bridgehead atoms. The second kappa shape index (κ2) is 5.50. The first kappa shape index (κ1) is 16.9. The molecule has 0 aromatic heterocycles. The summed E-state index contributed by atoms with van der Waals surface area (Å²) in [6.45, 7) is 3.72. The van der Waals surface area contributed by atoms with Crippen molar-refractivity contribution in [1.29, 1.82) is 0 Å². The number of rotatable bonds is 2. The van der Waals surface area contributed by atoms with Gasteiger partial charge in [0.1, 0.15) is 0 Å². The highest BCUT2D eigenvalue weighted by Gasteiger charge is 2.60. The summed E-state index contributed by atoms with van der Waals surface area (Å²) in [6, 6.07) is 9.46. The Kier molecular flexibility index (Phi) is 3.58. The standard InChI is InChI=1S/C20H22N2O4/c1-20(2,11-7-5-4-6-8-11)22-18(25)14-9-12-13(10-15(14)19(22)26)17(24)21(3)16(12)23/h4-8,12-15H,9-10H2,1-3H3. The minimum atomic E-state index is -0.771. The second-order valence-electron chi connectivity index (χ2n) is 8.07. The van der Waals surface area contributed by atoms with E-state index in [1.54, 1.807) is 0 Å². The third-order valence-electron chi connectivity index (χ3n) is 6.40. The topological polar surface area (TPSA) is 74.8 Å². The molecule has 1 aromatic carbocycles. The van der Waals surface area contributed by atoms with Crippen LogP contribution in [0.1, 0.15) is 32.3 Å². The number of amides is 4. The van der Waals surface area contributed by atoms with E-state index in [1.807, 2.05) is 44.2 Å². The molecule has 6 heteroatoms. The lowest BCUT2D eigenvalue weighted by Crippen LogP contribution is -2.46. The maximum Gasteiger partial charge on any atom is 0.233 e. The molecular weight excluding hydrogens is 332 g/mol. The molecule has 0 radical (unpaired) electrons. The Morgan fingerprint density at radius 3 is 1.65 bits per heavy atom. The molecule has 136 valence electrons. The first-order valence-electron chi connectivity index (χ1n) is 9.00. The minimum absolute atomic E-state index is 0.220. The molecule has 4 rings (SSSR count). The average molecular weight is 354 g/mol. The van der Waals surface area contributed by atoms with Gasteiger partial charge < -0.3 is 0 Å². The van der Waals surface area contributed by atoms with Crippen LogP contribution in [0.4, 0.5) is 0 Å². The van der Waals surface area contributed by atoms with Gasteiger partial charge >= 0.3 is 0 Å². The van der Waals surface area contributed by atoms with E-state index in [0.717, 1.165) is 10.5 Å². The molecule has 3 fully saturated rings. The highest BCUT2D eigenvalue weighted by molar-refractivity contribution is 6.09. The molecule has 3 aliphatic rings. The zero-order chi connectivity index (χ0) is 18.8. The number of carbonyl (C=O) groups is 4. The molecule has 0 N–H and O–H groups in total. The summed E-state index contributed by atoms with van der Waals surface area (Å²) in [5.41, 5.74) is 0.111. The van der Waals surface area contributed by atoms with E-state index in [9.17, 15) is 19.2 Å². The summed E-state index contributed by atoms with van der Waals surface area (Å²) in [5.74, 6) is -2.83. The summed E-state index contributed by atoms with van der Waals surface area (Å²) in [4.78, 5) is 53.4. The Balaban J connectivity index is 1.67. The van der Waals surface area contributed by atoms with Crippen molar-refractivity contribution >= 4 is 23.6 Å². The van der Waals surface area contributed by atoms with Gasteiger partial charge in [0.05, 0.1) is 29.2 Å². The van der Waals surface area contributed by atoms with Crippen molar-refractivity contribution in [1.82, 2.24) is 9.80 Å². The fraction of sp³-hybridized carbons (Fsp3) is 0.500. The number of carbonyl (C=O) groups excluding carboxylic acids is 4. The summed E-state index contributed by atoms with van der Waals surface area (Å²) in [5, 5.41) is 0. The smallest absolute Gasteiger partial charge is 0.233 e. The van der Waals surface area contributed by atoms with Gasteiger partial charge in [0.25, 0.3) is 0 Å². The van der Waals surface area contributed by atoms with Crippen LogP contribution in [0.5, 0.6) is 0 Å². The zero-order valence-electron chi connectivity index (χ0n) is 15.1. The molecule has 4 amide bonds. The second-order valence-corrected chi connectivity index (χ2v) is 8.07. The van der Waals surface area contributed by atoms with Crippen LogP contribution >= 0.6 is 0 Å². The van der Waals surface area contributed by atoms with Crippen molar-refractivity contribution in [2.45, 2.75) is 32.2 Å². The van der Waals surface area contributed by atoms with Crippen molar-refractivity contribution in [3.8, 4) is 0 Å². The lowest BCUT2D eigenvalue weighted by molar-refractivity contribution is -0.146. The quantitative estimate of drug-likeness (QED) is 0.755. The van der Waals surface area contributed by atoms with Crippen molar-refractivity contribution in [3.05, 3.63) is 35.9 Å². The van der Waals surface area contributed by atoms with E-state index in [-0.39, 0.29) is 36.5 Å². The van der Waals surface area contributed by atoms with E-state index >= 15 is 0 Å². The molecular formula is C20H22N2O4. The van der Waals surface area contributed by atoms with Crippen molar-refractivity contribution < 1.29 is 19.2 Å². The SMILES string of the molecule is CN1C(=O)C2CC3C(=O)N(C(C)(C)c4ccccc4)C(=O)C3CC2C1=O. The molecule has 0 spiro atoms. The van der Waals surface area contributed by atoms with Crippen LogP contribution < -0.4 is 0 Å². The Bertz CT molecular complexity index is 774. The van der Waals surface area contributed by atoms with E-state index < -0.39 is 29.2 Å². The third-order valence-corrected chi connectivity index (χ3v) is 6.40. The molecule has 2 saturated heterocycles. The Morgan fingerprint density at radius 1 is 0.769 bits per heavy atom. The Morgan fingerprint density at radius 2 is 1.19 bits per heavy atom. The summed E-state index contributed by atoms with van der Waals surface area (Å²) in [7, 11) is 1.48. The van der Waals surface area contributed by atoms with Gasteiger partial charge in [-0.15, -0.1) is 0 Å². The lowest BCUT2D eigenvalue weighted by Gasteiger charge is -2.35. The van der Waals surface area contributed by atoms with Crippen LogP contribution in [0.15, 0.2) is 30.3 Å². The van der Waals surface area contributed by atoms with Gasteiger partial charge in [0, 0.05) is 7.05 Å². The third kappa shape index (κ3) is 2.11. The van der Waals surface area contributed by atoms with Crippen LogP contribution in [0, 0.1) is 23.7 Å². The summed E-state index contributed by atoms with van der Waals surface area (Å²) >= 11 is 0. The largest absolute Gasteiger partial charge is 0.285 e. The minimum Gasteiger partial charge on any atom is -0.285 e. The first-order valence-corrected chi connectivity index (χ1v) is 9.00. The highest BCUT2D eigenvalue weighted by atomic mass is 16.2. The monoisotopic (exact) mass is 354 g/mol. The van der Waals surface area contributed by atoms with Crippen LogP contribution in [-0.4, -0.2) is 40.5 Å². The number of hydrogen-bond donors (Lipinski definition) is 0. The van der Waals surface area contributed by atoms with E-state index in [1.165, 1.54) is 11.9 Å². The Hall–Kier alpha value is -2.50. The van der Waals surface area contributed by atoms with Gasteiger partial charge in [-0.2, -0.15) is 0 Å². The molecule has 4 atom stereocenters. The van der Waals surface area contributed by atoms with Gasteiger partial charge in [0.15, 0.2) is 0 Å². The molecule has 4 unspecified atom stereocenters. The van der Waals surface area contributed by atoms with Gasteiger partial charge in [-0.25, -0.2) is 0 Å². The van der Waals surface area contributed by atoms with Crippen LogP contribution in [-0.2, 0) is 24.7 Å². The molecule has 1 saturated carbocycles. The van der Waals surface area contributed by atoms with Crippen LogP contribution in [0.3, 0.4) is 0 Å². The summed E-state index contributed by atoms with van der Waals surface area (Å²) in [6.07, 6.45) is 0.576. The van der Waals surface area contributed by atoms with Crippen LogP contribution in [0.2, 0.25) is 0 Å². The number of hydrogen-bond acceptors (Lipinski definition) is 4. The number of nitrogens with zero attached hydrogens (tertiary/aromatic N) is 2. The van der Waals surface area contributed by atoms with Crippen molar-refractivity contribution in [3.63, 3.8) is 0 Å². The molecule has 26 heavy (non-hydrogen) atoms. The van der Waals surface area contributed by atoms with Crippen LogP contribution in [0.25, 0.3) is 0 Å². The summed E-state index contributed by atoms with van der Waals surface area (Å²) < 4.78 is 0. The number of benzene rings is 1. The molecule has 1 aromatic rings. The van der Waals surface area contributed by atoms with Gasteiger partial charge in [-0.05, 0) is 32.3 Å². The molecule has 2 aliphatic heterocycles. The van der Waals surface area contributed by atoms with Gasteiger partial charge in [-0.1, -0.05) is 30.3 Å². The van der Waals surface area contributed by atoms with Crippen molar-refractivity contribution in [2.75, 3.05) is 7.05 Å². The van der Waals surface area contributed by atoms with E-state index in [4.69, 9.17) is 0 Å². The normalized spacial score (nSPS) is 31.5. The number of fused-ring (bicyclic) bond motifs is 2. The Labute approximate surface area is 152 Å². The molecule has 1 aliphatic carbocycles. The number of likely N-dealkylation sites (tertiary alicyclic amines) is 2. The lowest BCUT2D eigenvalue weighted by atomic mass is 9.70. The highest BCUT2D eigenvalue weighted by Crippen LogP contribution is 2.49. The van der Waals surface area contributed by atoms with E-state index in [2.05, 4.69) is 0 Å². The van der Waals surface area contributed by atoms with Gasteiger partial charge in [-0.3, -0.25) is 29.0 Å². The molecule has 6 nitrogen and oxygen atoms in total. The number of imide groups is 2. The predicted octanol–water partition coefficient (Wildman–Crippen LogP) is 1.55. The zero-order valence-corrected chi connectivity index (χ0v) is 15.1. The van der Waals surface area contributed by atoms with Gasteiger partial charge in [0.2, 0.25) is 23.6 Å². The first-order chi connectivity index (χ1) is 12.2. The average Bonchev–Trinajstić information content (AvgIpc) is 3.01. The van der Waals surface area contributed by atoms with E-state index in [0.29, 0.717) is 0 Å². The predicted molar refractivity (Wildman–Crippen MR) is 92.3 cm³/mol. The fourth-order valence-corrected chi connectivity index (χ4v) is 4.87. The van der Waals surface area contributed by atoms with Crippen molar-refractivity contribution in [2.24, 2.45) is 23.7 Å². The molecule has 2 heterocycles. The maximum atomic E-state index is 13.1.